The Balaban J connectivity index is 2.21. The monoisotopic (exact) mass is 217 g/mol. The lowest BCUT2D eigenvalue weighted by Crippen LogP contribution is -2.30. The molecule has 1 rings (SSSR count). The molecule has 1 aromatic heterocycles. The Bertz CT molecular complexity index is 231. The van der Waals surface area contributed by atoms with E-state index >= 15 is 0 Å². The fourth-order valence-electron chi connectivity index (χ4n) is 0.984. The van der Waals surface area contributed by atoms with Gasteiger partial charge in [-0.25, -0.2) is 0 Å². The smallest absolute Gasteiger partial charge is 0.0299 e. The summed E-state index contributed by atoms with van der Waals surface area (Å²) in [5.41, 5.74) is 0.193. The summed E-state index contributed by atoms with van der Waals surface area (Å²) in [6, 6.07) is 4.22. The highest BCUT2D eigenvalue weighted by molar-refractivity contribution is 7.09. The van der Waals surface area contributed by atoms with Gasteiger partial charge >= 0.3 is 0 Å². The summed E-state index contributed by atoms with van der Waals surface area (Å²) in [6.07, 6.45) is 0. The zero-order valence-corrected chi connectivity index (χ0v) is 9.71. The van der Waals surface area contributed by atoms with Crippen LogP contribution >= 0.6 is 22.9 Å². The summed E-state index contributed by atoms with van der Waals surface area (Å²) >= 11 is 7.60. The molecule has 0 saturated heterocycles. The summed E-state index contributed by atoms with van der Waals surface area (Å²) in [7, 11) is 0. The molecule has 1 nitrogen and oxygen atoms in total. The van der Waals surface area contributed by atoms with Crippen molar-refractivity contribution in [1.29, 1.82) is 0 Å². The Labute approximate surface area is 89.1 Å². The molecule has 74 valence electrons. The maximum absolute atomic E-state index is 5.82. The number of hydrogen-bond donors (Lipinski definition) is 1. The molecule has 0 fully saturated rings. The highest BCUT2D eigenvalue weighted by Crippen LogP contribution is 2.15. The molecule has 1 heterocycles. The largest absolute Gasteiger partial charge is 0.311 e. The third-order valence-electron chi connectivity index (χ3n) is 1.84. The Kier molecular flexibility index (Phi) is 4.23. The van der Waals surface area contributed by atoms with Gasteiger partial charge in [0.25, 0.3) is 0 Å². The number of alkyl halides is 1. The molecule has 0 aliphatic heterocycles. The minimum atomic E-state index is 0.193. The van der Waals surface area contributed by atoms with Crippen molar-refractivity contribution in [2.75, 3.05) is 12.4 Å². The summed E-state index contributed by atoms with van der Waals surface area (Å²) in [5.74, 6) is 0.699. The van der Waals surface area contributed by atoms with Gasteiger partial charge in [-0.2, -0.15) is 0 Å². The standard InChI is InChI=1S/C10H16ClNS/c1-10(2,7-11)8-12-6-9-4-3-5-13-9/h3-5,12H,6-8H2,1-2H3. The van der Waals surface area contributed by atoms with Crippen LogP contribution in [-0.4, -0.2) is 12.4 Å². The topological polar surface area (TPSA) is 12.0 Å². The highest BCUT2D eigenvalue weighted by Gasteiger charge is 2.15. The molecule has 0 atom stereocenters. The average molecular weight is 218 g/mol. The molecule has 13 heavy (non-hydrogen) atoms. The number of halogens is 1. The number of rotatable bonds is 5. The Morgan fingerprint density at radius 3 is 2.85 bits per heavy atom. The Morgan fingerprint density at radius 2 is 2.31 bits per heavy atom. The number of thiophene rings is 1. The minimum Gasteiger partial charge on any atom is -0.311 e. The van der Waals surface area contributed by atoms with Crippen molar-refractivity contribution >= 4 is 22.9 Å². The van der Waals surface area contributed by atoms with E-state index in [1.54, 1.807) is 11.3 Å². The second kappa shape index (κ2) is 4.99. The fraction of sp³-hybridized carbons (Fsp3) is 0.600. The Hall–Kier alpha value is -0.0500. The zero-order chi connectivity index (χ0) is 9.73. The molecule has 0 unspecified atom stereocenters. The normalized spacial score (nSPS) is 11.9. The van der Waals surface area contributed by atoms with Crippen LogP contribution in [0, 0.1) is 5.41 Å². The van der Waals surface area contributed by atoms with Crippen LogP contribution in [0.5, 0.6) is 0 Å². The van der Waals surface area contributed by atoms with Crippen molar-refractivity contribution in [3.63, 3.8) is 0 Å². The first-order valence-electron chi connectivity index (χ1n) is 4.43. The predicted molar refractivity (Wildman–Crippen MR) is 60.5 cm³/mol. The third kappa shape index (κ3) is 4.12. The minimum absolute atomic E-state index is 0.193. The molecule has 0 spiro atoms. The van der Waals surface area contributed by atoms with Crippen molar-refractivity contribution in [1.82, 2.24) is 5.32 Å². The maximum atomic E-state index is 5.82. The lowest BCUT2D eigenvalue weighted by molar-refractivity contribution is 0.386. The van der Waals surface area contributed by atoms with Gasteiger partial charge in [0, 0.05) is 23.8 Å². The molecule has 0 aromatic carbocycles. The van der Waals surface area contributed by atoms with Crippen LogP contribution in [-0.2, 0) is 6.54 Å². The van der Waals surface area contributed by atoms with Gasteiger partial charge in [0.1, 0.15) is 0 Å². The molecular formula is C10H16ClNS. The zero-order valence-electron chi connectivity index (χ0n) is 8.14. The van der Waals surface area contributed by atoms with E-state index in [2.05, 4.69) is 36.7 Å². The first-order chi connectivity index (χ1) is 6.14. The molecule has 0 aliphatic rings. The lowest BCUT2D eigenvalue weighted by Gasteiger charge is -2.21. The van der Waals surface area contributed by atoms with Crippen LogP contribution in [0.15, 0.2) is 17.5 Å². The predicted octanol–water partition coefficient (Wildman–Crippen LogP) is 3.10. The summed E-state index contributed by atoms with van der Waals surface area (Å²) in [6.45, 7) is 6.26. The van der Waals surface area contributed by atoms with Crippen molar-refractivity contribution in [3.05, 3.63) is 22.4 Å². The first-order valence-corrected chi connectivity index (χ1v) is 5.84. The maximum Gasteiger partial charge on any atom is 0.0299 e. The summed E-state index contributed by atoms with van der Waals surface area (Å²) < 4.78 is 0. The molecule has 1 N–H and O–H groups in total. The second-order valence-electron chi connectivity index (χ2n) is 3.98. The van der Waals surface area contributed by atoms with Gasteiger partial charge < -0.3 is 5.32 Å². The Morgan fingerprint density at radius 1 is 1.54 bits per heavy atom. The van der Waals surface area contributed by atoms with Gasteiger partial charge in [0.15, 0.2) is 0 Å². The van der Waals surface area contributed by atoms with Crippen LogP contribution < -0.4 is 5.32 Å². The second-order valence-corrected chi connectivity index (χ2v) is 5.28. The van der Waals surface area contributed by atoms with Gasteiger partial charge in [-0.1, -0.05) is 19.9 Å². The van der Waals surface area contributed by atoms with Gasteiger partial charge in [0.05, 0.1) is 0 Å². The van der Waals surface area contributed by atoms with E-state index < -0.39 is 0 Å². The van der Waals surface area contributed by atoms with Gasteiger partial charge in [0.2, 0.25) is 0 Å². The van der Waals surface area contributed by atoms with Crippen molar-refractivity contribution in [3.8, 4) is 0 Å². The van der Waals surface area contributed by atoms with Crippen molar-refractivity contribution in [2.24, 2.45) is 5.41 Å². The molecule has 0 saturated carbocycles. The molecule has 0 bridgehead atoms. The van der Waals surface area contributed by atoms with Gasteiger partial charge in [-0.3, -0.25) is 0 Å². The first kappa shape index (κ1) is 11.0. The average Bonchev–Trinajstić information content (AvgIpc) is 2.57. The summed E-state index contributed by atoms with van der Waals surface area (Å²) in [5, 5.41) is 5.51. The van der Waals surface area contributed by atoms with Crippen LogP contribution in [0.3, 0.4) is 0 Å². The molecule has 1 aromatic rings. The van der Waals surface area contributed by atoms with Crippen molar-refractivity contribution < 1.29 is 0 Å². The molecule has 0 aliphatic carbocycles. The molecule has 0 amide bonds. The van der Waals surface area contributed by atoms with E-state index in [1.807, 2.05) is 0 Å². The molecule has 0 radical (unpaired) electrons. The van der Waals surface area contributed by atoms with Crippen LogP contribution in [0.1, 0.15) is 18.7 Å². The van der Waals surface area contributed by atoms with Crippen LogP contribution in [0.25, 0.3) is 0 Å². The van der Waals surface area contributed by atoms with E-state index in [0.717, 1.165) is 13.1 Å². The number of hydrogen-bond acceptors (Lipinski definition) is 2. The third-order valence-corrected chi connectivity index (χ3v) is 3.44. The van der Waals surface area contributed by atoms with E-state index in [4.69, 9.17) is 11.6 Å². The van der Waals surface area contributed by atoms with E-state index in [9.17, 15) is 0 Å². The van der Waals surface area contributed by atoms with E-state index in [-0.39, 0.29) is 5.41 Å². The van der Waals surface area contributed by atoms with Crippen molar-refractivity contribution in [2.45, 2.75) is 20.4 Å². The quantitative estimate of drug-likeness (QED) is 0.748. The van der Waals surface area contributed by atoms with Crippen LogP contribution in [0.2, 0.25) is 0 Å². The van der Waals surface area contributed by atoms with Gasteiger partial charge in [-0.05, 0) is 16.9 Å². The summed E-state index contributed by atoms with van der Waals surface area (Å²) in [4.78, 5) is 1.38. The highest BCUT2D eigenvalue weighted by atomic mass is 35.5. The fourth-order valence-corrected chi connectivity index (χ4v) is 1.75. The SMILES string of the molecule is CC(C)(CCl)CNCc1cccs1. The number of nitrogens with one attached hydrogen (secondary N) is 1. The molecular weight excluding hydrogens is 202 g/mol. The van der Waals surface area contributed by atoms with E-state index in [0.29, 0.717) is 5.88 Å². The molecule has 3 heteroatoms. The van der Waals surface area contributed by atoms with Gasteiger partial charge in [-0.15, -0.1) is 22.9 Å². The van der Waals surface area contributed by atoms with Crippen LogP contribution in [0.4, 0.5) is 0 Å². The van der Waals surface area contributed by atoms with E-state index in [1.165, 1.54) is 4.88 Å². The lowest BCUT2D eigenvalue weighted by atomic mass is 9.97.